The Bertz CT molecular complexity index is 844. The lowest BCUT2D eigenvalue weighted by Gasteiger charge is -2.20. The molecule has 0 saturated heterocycles. The zero-order valence-corrected chi connectivity index (χ0v) is 13.5. The first-order valence-electron chi connectivity index (χ1n) is 6.59. The van der Waals surface area contributed by atoms with Crippen molar-refractivity contribution in [1.82, 2.24) is 0 Å². The second kappa shape index (κ2) is 4.93. The number of hydrogen-bond donors (Lipinski definition) is 1. The molecule has 0 spiro atoms. The number of benzene rings is 2. The summed E-state index contributed by atoms with van der Waals surface area (Å²) in [5, 5.41) is 3.33. The second-order valence-electron chi connectivity index (χ2n) is 4.85. The van der Waals surface area contributed by atoms with Crippen LogP contribution in [-0.2, 0) is 0 Å². The Kier molecular flexibility index (Phi) is 3.05. The van der Waals surface area contributed by atoms with Crippen molar-refractivity contribution < 1.29 is 9.47 Å². The minimum Gasteiger partial charge on any atom is -0.486 e. The van der Waals surface area contributed by atoms with Gasteiger partial charge in [-0.2, -0.15) is 0 Å². The van der Waals surface area contributed by atoms with Gasteiger partial charge in [0.05, 0.1) is 0 Å². The van der Waals surface area contributed by atoms with E-state index in [2.05, 4.69) is 33.4 Å². The smallest absolute Gasteiger partial charge is 0.163 e. The highest BCUT2D eigenvalue weighted by molar-refractivity contribution is 9.10. The molecule has 5 heteroatoms. The van der Waals surface area contributed by atoms with Crippen LogP contribution < -0.4 is 15.2 Å². The standard InChI is InChI=1S/C16H12BrNO2S/c17-12-3-1-2-9-11(8-21-16(9)12)10-6-14-15(7-13(10)18)20-5-4-19-14/h1-3,6-8H,4-5,18H2. The highest BCUT2D eigenvalue weighted by atomic mass is 79.9. The highest BCUT2D eigenvalue weighted by Crippen LogP contribution is 2.44. The third kappa shape index (κ3) is 2.08. The van der Waals surface area contributed by atoms with Gasteiger partial charge in [0.2, 0.25) is 0 Å². The van der Waals surface area contributed by atoms with E-state index < -0.39 is 0 Å². The zero-order valence-electron chi connectivity index (χ0n) is 11.1. The first-order valence-corrected chi connectivity index (χ1v) is 8.26. The molecule has 3 nitrogen and oxygen atoms in total. The molecule has 1 aliphatic heterocycles. The van der Waals surface area contributed by atoms with Gasteiger partial charge in [0.25, 0.3) is 0 Å². The third-order valence-corrected chi connectivity index (χ3v) is 5.51. The van der Waals surface area contributed by atoms with Crippen LogP contribution in [-0.4, -0.2) is 13.2 Å². The van der Waals surface area contributed by atoms with E-state index in [1.54, 1.807) is 11.3 Å². The van der Waals surface area contributed by atoms with Crippen molar-refractivity contribution in [3.05, 3.63) is 40.2 Å². The molecule has 1 aromatic heterocycles. The first-order chi connectivity index (χ1) is 10.2. The molecule has 0 fully saturated rings. The number of halogens is 1. The average Bonchev–Trinajstić information content (AvgIpc) is 2.92. The van der Waals surface area contributed by atoms with Crippen LogP contribution in [0.15, 0.2) is 40.2 Å². The molecule has 2 heterocycles. The molecule has 0 amide bonds. The van der Waals surface area contributed by atoms with Crippen molar-refractivity contribution in [3.8, 4) is 22.6 Å². The number of nitrogen functional groups attached to an aromatic ring is 1. The third-order valence-electron chi connectivity index (χ3n) is 3.56. The molecule has 0 unspecified atom stereocenters. The van der Waals surface area contributed by atoms with Crippen molar-refractivity contribution in [2.45, 2.75) is 0 Å². The molecular formula is C16H12BrNO2S. The number of anilines is 1. The van der Waals surface area contributed by atoms with E-state index in [-0.39, 0.29) is 0 Å². The Balaban J connectivity index is 1.94. The summed E-state index contributed by atoms with van der Waals surface area (Å²) in [5.74, 6) is 1.49. The van der Waals surface area contributed by atoms with Gasteiger partial charge in [-0.3, -0.25) is 0 Å². The Hall–Kier alpha value is -1.72. The number of nitrogens with two attached hydrogens (primary N) is 1. The summed E-state index contributed by atoms with van der Waals surface area (Å²) in [5.41, 5.74) is 9.05. The molecule has 2 aromatic carbocycles. The topological polar surface area (TPSA) is 44.5 Å². The van der Waals surface area contributed by atoms with Gasteiger partial charge >= 0.3 is 0 Å². The number of thiophene rings is 1. The van der Waals surface area contributed by atoms with Gasteiger partial charge in [0.15, 0.2) is 11.5 Å². The van der Waals surface area contributed by atoms with Crippen LogP contribution in [0.25, 0.3) is 21.2 Å². The lowest BCUT2D eigenvalue weighted by molar-refractivity contribution is 0.172. The molecule has 4 rings (SSSR count). The van der Waals surface area contributed by atoms with Crippen molar-refractivity contribution in [2.24, 2.45) is 0 Å². The van der Waals surface area contributed by atoms with E-state index in [9.17, 15) is 0 Å². The Morgan fingerprint density at radius 3 is 2.62 bits per heavy atom. The van der Waals surface area contributed by atoms with E-state index in [0.717, 1.165) is 27.1 Å². The zero-order chi connectivity index (χ0) is 14.4. The number of ether oxygens (including phenoxy) is 2. The van der Waals surface area contributed by atoms with Crippen molar-refractivity contribution in [1.29, 1.82) is 0 Å². The molecule has 0 aliphatic carbocycles. The number of hydrogen-bond acceptors (Lipinski definition) is 4. The molecule has 0 bridgehead atoms. The van der Waals surface area contributed by atoms with E-state index in [1.165, 1.54) is 10.1 Å². The molecule has 106 valence electrons. The van der Waals surface area contributed by atoms with E-state index in [1.807, 2.05) is 18.2 Å². The quantitative estimate of drug-likeness (QED) is 0.639. The minimum absolute atomic E-state index is 0.570. The van der Waals surface area contributed by atoms with Crippen LogP contribution >= 0.6 is 27.3 Å². The van der Waals surface area contributed by atoms with Crippen molar-refractivity contribution >= 4 is 43.0 Å². The predicted octanol–water partition coefficient (Wildman–Crippen LogP) is 4.68. The Morgan fingerprint density at radius 1 is 1.05 bits per heavy atom. The number of fused-ring (bicyclic) bond motifs is 2. The SMILES string of the molecule is Nc1cc2c(cc1-c1csc3c(Br)cccc13)OCCO2. The van der Waals surface area contributed by atoms with Crippen LogP contribution in [0.5, 0.6) is 11.5 Å². The van der Waals surface area contributed by atoms with Gasteiger partial charge in [0.1, 0.15) is 13.2 Å². The Labute approximate surface area is 134 Å². The van der Waals surface area contributed by atoms with Crippen LogP contribution in [0.1, 0.15) is 0 Å². The maximum Gasteiger partial charge on any atom is 0.163 e. The summed E-state index contributed by atoms with van der Waals surface area (Å²) in [4.78, 5) is 0. The summed E-state index contributed by atoms with van der Waals surface area (Å²) in [6, 6.07) is 10.0. The summed E-state index contributed by atoms with van der Waals surface area (Å²) < 4.78 is 13.6. The maximum atomic E-state index is 6.22. The molecule has 21 heavy (non-hydrogen) atoms. The molecule has 2 N–H and O–H groups in total. The van der Waals surface area contributed by atoms with Crippen molar-refractivity contribution in [2.75, 3.05) is 18.9 Å². The van der Waals surface area contributed by atoms with Crippen LogP contribution in [0.4, 0.5) is 5.69 Å². The monoisotopic (exact) mass is 361 g/mol. The minimum atomic E-state index is 0.570. The molecular weight excluding hydrogens is 350 g/mol. The Morgan fingerprint density at radius 2 is 1.81 bits per heavy atom. The van der Waals surface area contributed by atoms with Gasteiger partial charge < -0.3 is 15.2 Å². The molecule has 3 aromatic rings. The van der Waals surface area contributed by atoms with E-state index in [4.69, 9.17) is 15.2 Å². The summed E-state index contributed by atoms with van der Waals surface area (Å²) in [6.45, 7) is 1.15. The fraction of sp³-hybridized carbons (Fsp3) is 0.125. The summed E-state index contributed by atoms with van der Waals surface area (Å²) >= 11 is 5.30. The lowest BCUT2D eigenvalue weighted by atomic mass is 10.0. The maximum absolute atomic E-state index is 6.22. The fourth-order valence-electron chi connectivity index (χ4n) is 2.57. The summed E-state index contributed by atoms with van der Waals surface area (Å²) in [7, 11) is 0. The number of rotatable bonds is 1. The van der Waals surface area contributed by atoms with Gasteiger partial charge in [-0.05, 0) is 33.4 Å². The van der Waals surface area contributed by atoms with Crippen molar-refractivity contribution in [3.63, 3.8) is 0 Å². The van der Waals surface area contributed by atoms with Crippen LogP contribution in [0, 0.1) is 0 Å². The van der Waals surface area contributed by atoms with E-state index >= 15 is 0 Å². The normalized spacial score (nSPS) is 13.6. The van der Waals surface area contributed by atoms with Gasteiger partial charge in [-0.15, -0.1) is 11.3 Å². The van der Waals surface area contributed by atoms with E-state index in [0.29, 0.717) is 18.9 Å². The van der Waals surface area contributed by atoms with Gasteiger partial charge in [-0.1, -0.05) is 12.1 Å². The second-order valence-corrected chi connectivity index (χ2v) is 6.58. The summed E-state index contributed by atoms with van der Waals surface area (Å²) in [6.07, 6.45) is 0. The molecule has 0 saturated carbocycles. The average molecular weight is 362 g/mol. The fourth-order valence-corrected chi connectivity index (χ4v) is 4.19. The first kappa shape index (κ1) is 13.0. The van der Waals surface area contributed by atoms with Gasteiger partial charge in [-0.25, -0.2) is 0 Å². The predicted molar refractivity (Wildman–Crippen MR) is 90.4 cm³/mol. The van der Waals surface area contributed by atoms with Gasteiger partial charge in [0, 0.05) is 37.4 Å². The molecule has 0 atom stereocenters. The lowest BCUT2D eigenvalue weighted by Crippen LogP contribution is -2.15. The molecule has 1 aliphatic rings. The largest absolute Gasteiger partial charge is 0.486 e. The molecule has 0 radical (unpaired) electrons. The van der Waals surface area contributed by atoms with Crippen LogP contribution in [0.3, 0.4) is 0 Å². The van der Waals surface area contributed by atoms with Crippen LogP contribution in [0.2, 0.25) is 0 Å². The highest BCUT2D eigenvalue weighted by Gasteiger charge is 2.17.